The van der Waals surface area contributed by atoms with Crippen molar-refractivity contribution in [3.63, 3.8) is 0 Å². The molecule has 1 nitrogen and oxygen atoms in total. The summed E-state index contributed by atoms with van der Waals surface area (Å²) in [5.41, 5.74) is 0.168. The van der Waals surface area contributed by atoms with Gasteiger partial charge in [-0.25, -0.2) is 0 Å². The number of hydrogen-bond donors (Lipinski definition) is 1. The predicted octanol–water partition coefficient (Wildman–Crippen LogP) is 3.98. The van der Waals surface area contributed by atoms with E-state index in [1.807, 2.05) is 24.3 Å². The van der Waals surface area contributed by atoms with Crippen molar-refractivity contribution in [3.05, 3.63) is 34.9 Å². The molecule has 0 saturated heterocycles. The minimum atomic E-state index is -0.731. The summed E-state index contributed by atoms with van der Waals surface area (Å²) in [6, 6.07) is 7.67. The maximum Gasteiger partial charge on any atom is 0.0936 e. The van der Waals surface area contributed by atoms with Gasteiger partial charge in [-0.1, -0.05) is 43.6 Å². The number of benzene rings is 1. The van der Waals surface area contributed by atoms with E-state index >= 15 is 0 Å². The molecule has 1 saturated carbocycles. The highest BCUT2D eigenvalue weighted by molar-refractivity contribution is 6.31. The van der Waals surface area contributed by atoms with E-state index in [4.69, 9.17) is 11.6 Å². The molecule has 1 aromatic carbocycles. The van der Waals surface area contributed by atoms with Crippen molar-refractivity contribution in [1.29, 1.82) is 0 Å². The molecular weight excluding hydrogens is 220 g/mol. The van der Waals surface area contributed by atoms with Crippen LogP contribution in [0.2, 0.25) is 5.02 Å². The summed E-state index contributed by atoms with van der Waals surface area (Å²) in [6.07, 6.45) is 2.97. The summed E-state index contributed by atoms with van der Waals surface area (Å²) >= 11 is 6.19. The number of hydrogen-bond acceptors (Lipinski definition) is 1. The van der Waals surface area contributed by atoms with E-state index in [9.17, 15) is 5.11 Å². The lowest BCUT2D eigenvalue weighted by molar-refractivity contribution is -0.0586. The summed E-state index contributed by atoms with van der Waals surface area (Å²) in [6.45, 7) is 4.38. The van der Waals surface area contributed by atoms with Crippen LogP contribution in [0.15, 0.2) is 24.3 Å². The average Bonchev–Trinajstić information content (AvgIpc) is 2.25. The van der Waals surface area contributed by atoms with Crippen LogP contribution in [0.5, 0.6) is 0 Å². The first-order valence-electron chi connectivity index (χ1n) is 6.01. The molecule has 1 aliphatic rings. The van der Waals surface area contributed by atoms with Gasteiger partial charge in [-0.15, -0.1) is 0 Å². The van der Waals surface area contributed by atoms with E-state index in [0.717, 1.165) is 24.8 Å². The molecule has 1 aliphatic carbocycles. The molecule has 0 radical (unpaired) electrons. The molecule has 2 heteroatoms. The quantitative estimate of drug-likeness (QED) is 0.785. The first-order valence-corrected chi connectivity index (χ1v) is 6.39. The smallest absolute Gasteiger partial charge is 0.0936 e. The molecule has 0 aliphatic heterocycles. The zero-order valence-electron chi connectivity index (χ0n) is 9.91. The minimum absolute atomic E-state index is 0.274. The van der Waals surface area contributed by atoms with Crippen LogP contribution < -0.4 is 0 Å². The van der Waals surface area contributed by atoms with E-state index in [-0.39, 0.29) is 5.92 Å². The van der Waals surface area contributed by atoms with E-state index < -0.39 is 5.60 Å². The van der Waals surface area contributed by atoms with Gasteiger partial charge in [-0.05, 0) is 37.2 Å². The van der Waals surface area contributed by atoms with Gasteiger partial charge in [0.25, 0.3) is 0 Å². The van der Waals surface area contributed by atoms with Gasteiger partial charge < -0.3 is 5.11 Å². The third kappa shape index (κ3) is 1.99. The fraction of sp³-hybridized carbons (Fsp3) is 0.571. The van der Waals surface area contributed by atoms with Gasteiger partial charge in [-0.2, -0.15) is 0 Å². The zero-order chi connectivity index (χ0) is 11.8. The molecule has 16 heavy (non-hydrogen) atoms. The highest BCUT2D eigenvalue weighted by atomic mass is 35.5. The molecule has 3 atom stereocenters. The summed E-state index contributed by atoms with van der Waals surface area (Å²) < 4.78 is 0. The van der Waals surface area contributed by atoms with Crippen LogP contribution in [0, 0.1) is 11.8 Å². The SMILES string of the molecule is CC1CCC(O)(c2ccccc2Cl)C(C)C1. The van der Waals surface area contributed by atoms with Crippen molar-refractivity contribution in [2.24, 2.45) is 11.8 Å². The zero-order valence-corrected chi connectivity index (χ0v) is 10.7. The molecule has 0 amide bonds. The van der Waals surface area contributed by atoms with Crippen LogP contribution in [0.25, 0.3) is 0 Å². The first kappa shape index (κ1) is 11.9. The third-order valence-electron chi connectivity index (χ3n) is 3.93. The molecule has 88 valence electrons. The van der Waals surface area contributed by atoms with Gasteiger partial charge in [0.05, 0.1) is 5.60 Å². The second kappa shape index (κ2) is 4.38. The van der Waals surface area contributed by atoms with Crippen molar-refractivity contribution in [1.82, 2.24) is 0 Å². The van der Waals surface area contributed by atoms with Crippen LogP contribution in [-0.2, 0) is 5.60 Å². The third-order valence-corrected chi connectivity index (χ3v) is 4.26. The Morgan fingerprint density at radius 3 is 2.62 bits per heavy atom. The Morgan fingerprint density at radius 1 is 1.31 bits per heavy atom. The van der Waals surface area contributed by atoms with Gasteiger partial charge in [0.15, 0.2) is 0 Å². The average molecular weight is 239 g/mol. The van der Waals surface area contributed by atoms with Gasteiger partial charge in [0, 0.05) is 10.6 Å². The Labute approximate surface area is 102 Å². The molecule has 0 heterocycles. The Hall–Kier alpha value is -0.530. The van der Waals surface area contributed by atoms with Gasteiger partial charge >= 0.3 is 0 Å². The predicted molar refractivity (Wildman–Crippen MR) is 67.5 cm³/mol. The summed E-state index contributed by atoms with van der Waals surface area (Å²) in [7, 11) is 0. The van der Waals surface area contributed by atoms with E-state index in [1.54, 1.807) is 0 Å². The van der Waals surface area contributed by atoms with Crippen LogP contribution in [0.4, 0.5) is 0 Å². The topological polar surface area (TPSA) is 20.2 Å². The van der Waals surface area contributed by atoms with Crippen molar-refractivity contribution < 1.29 is 5.11 Å². The fourth-order valence-corrected chi connectivity index (χ4v) is 3.14. The highest BCUT2D eigenvalue weighted by Crippen LogP contribution is 2.45. The van der Waals surface area contributed by atoms with Crippen LogP contribution >= 0.6 is 11.6 Å². The lowest BCUT2D eigenvalue weighted by Crippen LogP contribution is -2.38. The molecule has 0 bridgehead atoms. The van der Waals surface area contributed by atoms with Crippen molar-refractivity contribution >= 4 is 11.6 Å². The van der Waals surface area contributed by atoms with Gasteiger partial charge in [0.2, 0.25) is 0 Å². The Balaban J connectivity index is 2.35. The molecule has 0 spiro atoms. The van der Waals surface area contributed by atoms with Gasteiger partial charge in [0.1, 0.15) is 0 Å². The highest BCUT2D eigenvalue weighted by Gasteiger charge is 2.40. The van der Waals surface area contributed by atoms with Crippen molar-refractivity contribution in [2.75, 3.05) is 0 Å². The van der Waals surface area contributed by atoms with Crippen LogP contribution in [-0.4, -0.2) is 5.11 Å². The summed E-state index contributed by atoms with van der Waals surface area (Å²) in [4.78, 5) is 0. The Morgan fingerprint density at radius 2 is 2.00 bits per heavy atom. The normalized spacial score (nSPS) is 35.0. The Bertz CT molecular complexity index is 377. The molecule has 1 N–H and O–H groups in total. The first-order chi connectivity index (χ1) is 7.54. The molecule has 1 aromatic rings. The molecule has 2 rings (SSSR count). The fourth-order valence-electron chi connectivity index (χ4n) is 2.84. The van der Waals surface area contributed by atoms with Crippen molar-refractivity contribution in [3.8, 4) is 0 Å². The second-order valence-electron chi connectivity index (χ2n) is 5.18. The molecular formula is C14H19ClO. The summed E-state index contributed by atoms with van der Waals surface area (Å²) in [5.74, 6) is 0.980. The lowest BCUT2D eigenvalue weighted by Gasteiger charge is -2.41. The standard InChI is InChI=1S/C14H19ClO/c1-10-7-8-14(16,11(2)9-10)12-5-3-4-6-13(12)15/h3-6,10-11,16H,7-9H2,1-2H3. The Kier molecular flexibility index (Phi) is 3.27. The number of aliphatic hydroxyl groups is 1. The maximum absolute atomic E-state index is 10.8. The van der Waals surface area contributed by atoms with E-state index in [1.165, 1.54) is 0 Å². The number of halogens is 1. The van der Waals surface area contributed by atoms with Crippen molar-refractivity contribution in [2.45, 2.75) is 38.7 Å². The lowest BCUT2D eigenvalue weighted by atomic mass is 9.69. The monoisotopic (exact) mass is 238 g/mol. The van der Waals surface area contributed by atoms with E-state index in [0.29, 0.717) is 10.9 Å². The van der Waals surface area contributed by atoms with E-state index in [2.05, 4.69) is 13.8 Å². The number of rotatable bonds is 1. The second-order valence-corrected chi connectivity index (χ2v) is 5.59. The van der Waals surface area contributed by atoms with Gasteiger partial charge in [-0.3, -0.25) is 0 Å². The van der Waals surface area contributed by atoms with Crippen LogP contribution in [0.3, 0.4) is 0 Å². The molecule has 0 aromatic heterocycles. The van der Waals surface area contributed by atoms with Crippen LogP contribution in [0.1, 0.15) is 38.7 Å². The maximum atomic E-state index is 10.8. The largest absolute Gasteiger partial charge is 0.385 e. The minimum Gasteiger partial charge on any atom is -0.385 e. The summed E-state index contributed by atoms with van der Waals surface area (Å²) in [5, 5.41) is 11.5. The molecule has 1 fully saturated rings. The molecule has 3 unspecified atom stereocenters.